The quantitative estimate of drug-likeness (QED) is 0.508. The van der Waals surface area contributed by atoms with Crippen molar-refractivity contribution >= 4 is 12.0 Å². The summed E-state index contributed by atoms with van der Waals surface area (Å²) >= 11 is 0. The van der Waals surface area contributed by atoms with E-state index in [1.165, 1.54) is 11.3 Å². The number of unbranched alkanes of at least 4 members (excludes halogenated alkanes) is 2. The van der Waals surface area contributed by atoms with Gasteiger partial charge < -0.3 is 4.74 Å². The second-order valence-corrected chi connectivity index (χ2v) is 8.20. The van der Waals surface area contributed by atoms with Crippen LogP contribution in [0.25, 0.3) is 0 Å². The highest BCUT2D eigenvalue weighted by molar-refractivity contribution is 5.93. The SMILES string of the molecule is CC(C)CCCCCC(=O)N1C(=O)OC[C@H]1C(c1ccccc1)c1ccccc1. The van der Waals surface area contributed by atoms with Crippen molar-refractivity contribution < 1.29 is 14.3 Å². The lowest BCUT2D eigenvalue weighted by molar-refractivity contribution is -0.129. The van der Waals surface area contributed by atoms with Gasteiger partial charge in [0.25, 0.3) is 0 Å². The predicted molar refractivity (Wildman–Crippen MR) is 115 cm³/mol. The summed E-state index contributed by atoms with van der Waals surface area (Å²) in [5.74, 6) is 0.453. The van der Waals surface area contributed by atoms with E-state index < -0.39 is 6.09 Å². The molecule has 2 aromatic rings. The van der Waals surface area contributed by atoms with Gasteiger partial charge in [0.2, 0.25) is 5.91 Å². The van der Waals surface area contributed by atoms with Crippen LogP contribution < -0.4 is 0 Å². The minimum atomic E-state index is -0.515. The molecule has 0 aromatic heterocycles. The minimum absolute atomic E-state index is 0.103. The van der Waals surface area contributed by atoms with Crippen LogP contribution in [0.15, 0.2) is 60.7 Å². The molecule has 1 atom stereocenters. The minimum Gasteiger partial charge on any atom is -0.447 e. The van der Waals surface area contributed by atoms with Gasteiger partial charge in [-0.15, -0.1) is 0 Å². The molecule has 2 amide bonds. The smallest absolute Gasteiger partial charge is 0.417 e. The average molecular weight is 394 g/mol. The van der Waals surface area contributed by atoms with Gasteiger partial charge in [0.15, 0.2) is 0 Å². The molecular formula is C25H31NO3. The van der Waals surface area contributed by atoms with E-state index in [2.05, 4.69) is 38.1 Å². The molecular weight excluding hydrogens is 362 g/mol. The molecule has 0 bridgehead atoms. The van der Waals surface area contributed by atoms with Crippen molar-refractivity contribution in [2.45, 2.75) is 57.9 Å². The van der Waals surface area contributed by atoms with Crippen molar-refractivity contribution in [1.29, 1.82) is 0 Å². The maximum absolute atomic E-state index is 13.0. The van der Waals surface area contributed by atoms with Crippen LogP contribution in [0.5, 0.6) is 0 Å². The highest BCUT2D eigenvalue weighted by Crippen LogP contribution is 2.34. The van der Waals surface area contributed by atoms with Crippen LogP contribution in [0.2, 0.25) is 0 Å². The Balaban J connectivity index is 1.76. The summed E-state index contributed by atoms with van der Waals surface area (Å²) in [6.45, 7) is 4.65. The van der Waals surface area contributed by atoms with Crippen molar-refractivity contribution in [1.82, 2.24) is 4.90 Å². The number of imide groups is 1. The molecule has 4 nitrogen and oxygen atoms in total. The molecule has 29 heavy (non-hydrogen) atoms. The summed E-state index contributed by atoms with van der Waals surface area (Å²) in [6.07, 6.45) is 3.99. The van der Waals surface area contributed by atoms with Gasteiger partial charge in [-0.1, -0.05) is 93.8 Å². The van der Waals surface area contributed by atoms with Gasteiger partial charge in [-0.05, 0) is 23.5 Å². The monoisotopic (exact) mass is 393 g/mol. The van der Waals surface area contributed by atoms with Crippen molar-refractivity contribution in [3.63, 3.8) is 0 Å². The average Bonchev–Trinajstić information content (AvgIpc) is 3.10. The Morgan fingerprint density at radius 1 is 0.966 bits per heavy atom. The summed E-state index contributed by atoms with van der Waals surface area (Å²) in [5, 5.41) is 0. The molecule has 0 radical (unpaired) electrons. The topological polar surface area (TPSA) is 46.6 Å². The van der Waals surface area contributed by atoms with E-state index in [4.69, 9.17) is 4.74 Å². The Morgan fingerprint density at radius 3 is 2.10 bits per heavy atom. The standard InChI is InChI=1S/C25H31NO3/c1-19(2)12-6-3-11-17-23(27)26-22(18-29-25(26)28)24(20-13-7-4-8-14-20)21-15-9-5-10-16-21/h4-5,7-10,13-16,19,22,24H,3,6,11-12,17-18H2,1-2H3/t22-/m0/s1. The number of hydrogen-bond acceptors (Lipinski definition) is 3. The van der Waals surface area contributed by atoms with Gasteiger partial charge in [0.1, 0.15) is 6.61 Å². The van der Waals surface area contributed by atoms with E-state index in [0.717, 1.165) is 30.4 Å². The molecule has 1 saturated heterocycles. The second-order valence-electron chi connectivity index (χ2n) is 8.20. The van der Waals surface area contributed by atoms with Gasteiger partial charge in [-0.3, -0.25) is 4.79 Å². The fourth-order valence-corrected chi connectivity index (χ4v) is 4.05. The van der Waals surface area contributed by atoms with Crippen LogP contribution in [0.1, 0.15) is 63.0 Å². The van der Waals surface area contributed by atoms with Crippen LogP contribution in [-0.2, 0) is 9.53 Å². The molecule has 0 unspecified atom stereocenters. The van der Waals surface area contributed by atoms with Crippen LogP contribution in [0, 0.1) is 5.92 Å². The fourth-order valence-electron chi connectivity index (χ4n) is 4.05. The highest BCUT2D eigenvalue weighted by atomic mass is 16.6. The van der Waals surface area contributed by atoms with Crippen LogP contribution in [0.4, 0.5) is 4.79 Å². The summed E-state index contributed by atoms with van der Waals surface area (Å²) in [5.41, 5.74) is 2.16. The second kappa shape index (κ2) is 10.2. The molecule has 1 aliphatic heterocycles. The first-order chi connectivity index (χ1) is 14.1. The van der Waals surface area contributed by atoms with Crippen molar-refractivity contribution in [2.75, 3.05) is 6.61 Å². The van der Waals surface area contributed by atoms with Crippen LogP contribution in [-0.4, -0.2) is 29.5 Å². The normalized spacial score (nSPS) is 16.5. The zero-order valence-corrected chi connectivity index (χ0v) is 17.4. The Morgan fingerprint density at radius 2 is 1.55 bits per heavy atom. The Hall–Kier alpha value is -2.62. The zero-order valence-electron chi connectivity index (χ0n) is 17.4. The molecule has 154 valence electrons. The largest absolute Gasteiger partial charge is 0.447 e. The number of carbonyl (C=O) groups is 2. The zero-order chi connectivity index (χ0) is 20.6. The van der Waals surface area contributed by atoms with Crippen LogP contribution >= 0.6 is 0 Å². The molecule has 2 aromatic carbocycles. The first-order valence-corrected chi connectivity index (χ1v) is 10.7. The van der Waals surface area contributed by atoms with E-state index in [-0.39, 0.29) is 24.5 Å². The number of hydrogen-bond donors (Lipinski definition) is 0. The predicted octanol–water partition coefficient (Wildman–Crippen LogP) is 5.77. The van der Waals surface area contributed by atoms with Gasteiger partial charge in [0.05, 0.1) is 6.04 Å². The van der Waals surface area contributed by atoms with E-state index in [1.807, 2.05) is 36.4 Å². The number of carbonyl (C=O) groups excluding carboxylic acids is 2. The number of ether oxygens (including phenoxy) is 1. The van der Waals surface area contributed by atoms with Gasteiger partial charge >= 0.3 is 6.09 Å². The molecule has 0 N–H and O–H groups in total. The first kappa shape index (κ1) is 21.1. The van der Waals surface area contributed by atoms with Crippen molar-refractivity contribution in [3.05, 3.63) is 71.8 Å². The van der Waals surface area contributed by atoms with E-state index >= 15 is 0 Å². The van der Waals surface area contributed by atoms with E-state index in [1.54, 1.807) is 0 Å². The lowest BCUT2D eigenvalue weighted by Crippen LogP contribution is -2.42. The molecule has 3 rings (SSSR count). The highest BCUT2D eigenvalue weighted by Gasteiger charge is 2.43. The number of amides is 2. The first-order valence-electron chi connectivity index (χ1n) is 10.7. The molecule has 0 spiro atoms. The summed E-state index contributed by atoms with van der Waals surface area (Å²) in [6, 6.07) is 19.8. The van der Waals surface area contributed by atoms with Crippen molar-refractivity contribution in [3.8, 4) is 0 Å². The fraction of sp³-hybridized carbons (Fsp3) is 0.440. The Bertz CT molecular complexity index is 749. The third kappa shape index (κ3) is 5.47. The van der Waals surface area contributed by atoms with Gasteiger partial charge in [0, 0.05) is 12.3 Å². The van der Waals surface area contributed by atoms with Gasteiger partial charge in [-0.25, -0.2) is 9.69 Å². The summed E-state index contributed by atoms with van der Waals surface area (Å²) in [7, 11) is 0. The number of cyclic esters (lactones) is 1. The Labute approximate surface area is 173 Å². The Kier molecular flexibility index (Phi) is 7.45. The van der Waals surface area contributed by atoms with Gasteiger partial charge in [-0.2, -0.15) is 0 Å². The number of benzene rings is 2. The van der Waals surface area contributed by atoms with E-state index in [9.17, 15) is 9.59 Å². The van der Waals surface area contributed by atoms with Crippen LogP contribution in [0.3, 0.4) is 0 Å². The summed E-state index contributed by atoms with van der Waals surface area (Å²) in [4.78, 5) is 26.8. The molecule has 0 saturated carbocycles. The number of nitrogens with zero attached hydrogens (tertiary/aromatic N) is 1. The maximum atomic E-state index is 13.0. The summed E-state index contributed by atoms with van der Waals surface area (Å²) < 4.78 is 5.35. The molecule has 4 heteroatoms. The van der Waals surface area contributed by atoms with E-state index in [0.29, 0.717) is 12.3 Å². The molecule has 1 aliphatic rings. The number of rotatable bonds is 9. The lowest BCUT2D eigenvalue weighted by atomic mass is 9.84. The molecule has 0 aliphatic carbocycles. The molecule has 1 heterocycles. The maximum Gasteiger partial charge on any atom is 0.417 e. The molecule has 1 fully saturated rings. The lowest BCUT2D eigenvalue weighted by Gasteiger charge is -2.29. The third-order valence-corrected chi connectivity index (χ3v) is 5.55. The third-order valence-electron chi connectivity index (χ3n) is 5.55. The van der Waals surface area contributed by atoms with Crippen molar-refractivity contribution in [2.24, 2.45) is 5.92 Å².